The number of carboxylic acids is 1. The fourth-order valence-corrected chi connectivity index (χ4v) is 5.27. The molecule has 4 unspecified atom stereocenters. The van der Waals surface area contributed by atoms with E-state index < -0.39 is 28.0 Å². The van der Waals surface area contributed by atoms with Gasteiger partial charge in [-0.15, -0.1) is 0 Å². The van der Waals surface area contributed by atoms with Crippen molar-refractivity contribution in [1.82, 2.24) is 4.72 Å². The molecule has 2 bridgehead atoms. The Morgan fingerprint density at radius 1 is 1.19 bits per heavy atom. The number of carbonyl (C=O) groups is 1. The number of hydrogen-bond donors (Lipinski definition) is 2. The number of carboxylic acid groups (broad SMARTS) is 1. The lowest BCUT2D eigenvalue weighted by atomic mass is 9.85. The molecule has 0 aromatic heterocycles. The van der Waals surface area contributed by atoms with Crippen molar-refractivity contribution in [1.29, 1.82) is 0 Å². The van der Waals surface area contributed by atoms with Crippen molar-refractivity contribution < 1.29 is 18.3 Å². The number of halogens is 1. The summed E-state index contributed by atoms with van der Waals surface area (Å²) < 4.78 is 28.3. The molecule has 0 saturated heterocycles. The second-order valence-corrected chi connectivity index (χ2v) is 8.43. The molecule has 4 atom stereocenters. The highest BCUT2D eigenvalue weighted by molar-refractivity contribution is 9.10. The van der Waals surface area contributed by atoms with Crippen molar-refractivity contribution in [3.8, 4) is 0 Å². The fourth-order valence-electron chi connectivity index (χ4n) is 3.68. The van der Waals surface area contributed by atoms with Crippen LogP contribution < -0.4 is 4.72 Å². The van der Waals surface area contributed by atoms with Crippen molar-refractivity contribution in [2.75, 3.05) is 0 Å². The van der Waals surface area contributed by atoms with Gasteiger partial charge < -0.3 is 5.11 Å². The number of benzene rings is 1. The quantitative estimate of drug-likeness (QED) is 0.847. The maximum atomic E-state index is 12.4. The lowest BCUT2D eigenvalue weighted by Gasteiger charge is -2.28. The Labute approximate surface area is 131 Å². The third-order valence-electron chi connectivity index (χ3n) is 4.62. The Bertz CT molecular complexity index is 658. The van der Waals surface area contributed by atoms with E-state index in [1.807, 2.05) is 0 Å². The Morgan fingerprint density at radius 2 is 1.81 bits per heavy atom. The monoisotopic (exact) mass is 373 g/mol. The predicted octanol–water partition coefficient (Wildman–Crippen LogP) is 2.23. The van der Waals surface area contributed by atoms with Gasteiger partial charge in [0.15, 0.2) is 0 Å². The molecular formula is C14H16BrNO4S. The zero-order valence-corrected chi connectivity index (χ0v) is 13.6. The third-order valence-corrected chi connectivity index (χ3v) is 6.62. The summed E-state index contributed by atoms with van der Waals surface area (Å²) in [4.78, 5) is 11.6. The molecule has 0 aliphatic heterocycles. The molecule has 21 heavy (non-hydrogen) atoms. The molecule has 7 heteroatoms. The smallest absolute Gasteiger partial charge is 0.308 e. The minimum absolute atomic E-state index is 0.102. The second-order valence-electron chi connectivity index (χ2n) is 5.80. The molecule has 2 aliphatic carbocycles. The highest BCUT2D eigenvalue weighted by Gasteiger charge is 2.52. The molecule has 114 valence electrons. The van der Waals surface area contributed by atoms with Crippen LogP contribution in [0.1, 0.15) is 19.3 Å². The molecule has 2 N–H and O–H groups in total. The molecule has 2 saturated carbocycles. The van der Waals surface area contributed by atoms with Gasteiger partial charge in [0.25, 0.3) is 0 Å². The first-order valence-electron chi connectivity index (χ1n) is 6.89. The summed E-state index contributed by atoms with van der Waals surface area (Å²) in [7, 11) is -3.68. The van der Waals surface area contributed by atoms with Crippen molar-refractivity contribution in [3.63, 3.8) is 0 Å². The summed E-state index contributed by atoms with van der Waals surface area (Å²) in [5.41, 5.74) is 0. The Kier molecular flexibility index (Phi) is 3.83. The van der Waals surface area contributed by atoms with Crippen LogP contribution in [0.5, 0.6) is 0 Å². The topological polar surface area (TPSA) is 83.5 Å². The minimum atomic E-state index is -3.68. The molecule has 2 aliphatic rings. The summed E-state index contributed by atoms with van der Waals surface area (Å²) in [6.45, 7) is 0. The van der Waals surface area contributed by atoms with Crippen LogP contribution in [0.25, 0.3) is 0 Å². The van der Waals surface area contributed by atoms with E-state index >= 15 is 0 Å². The van der Waals surface area contributed by atoms with E-state index in [9.17, 15) is 18.3 Å². The van der Waals surface area contributed by atoms with E-state index in [1.165, 1.54) is 12.1 Å². The first kappa shape index (κ1) is 15.0. The molecule has 3 rings (SSSR count). The van der Waals surface area contributed by atoms with Gasteiger partial charge in [-0.1, -0.05) is 15.9 Å². The van der Waals surface area contributed by atoms with E-state index in [0.717, 1.165) is 23.7 Å². The van der Waals surface area contributed by atoms with Crippen LogP contribution in [0.4, 0.5) is 0 Å². The molecule has 0 spiro atoms. The average Bonchev–Trinajstić information content (AvgIpc) is 2.99. The molecule has 1 aromatic rings. The SMILES string of the molecule is O=C(O)C1C2CCC(C2)C1NS(=O)(=O)c1ccc(Br)cc1. The van der Waals surface area contributed by atoms with Gasteiger partial charge in [-0.05, 0) is 55.4 Å². The maximum Gasteiger partial charge on any atom is 0.308 e. The number of sulfonamides is 1. The number of fused-ring (bicyclic) bond motifs is 2. The zero-order chi connectivity index (χ0) is 15.2. The van der Waals surface area contributed by atoms with Crippen LogP contribution >= 0.6 is 15.9 Å². The van der Waals surface area contributed by atoms with E-state index in [1.54, 1.807) is 12.1 Å². The van der Waals surface area contributed by atoms with Crippen molar-refractivity contribution >= 4 is 31.9 Å². The van der Waals surface area contributed by atoms with Crippen LogP contribution in [0.2, 0.25) is 0 Å². The third kappa shape index (κ3) is 2.74. The van der Waals surface area contributed by atoms with Gasteiger partial charge >= 0.3 is 5.97 Å². The first-order valence-corrected chi connectivity index (χ1v) is 9.17. The van der Waals surface area contributed by atoms with Gasteiger partial charge in [0.1, 0.15) is 0 Å². The number of hydrogen-bond acceptors (Lipinski definition) is 3. The molecule has 0 amide bonds. The number of rotatable bonds is 4. The highest BCUT2D eigenvalue weighted by Crippen LogP contribution is 2.48. The largest absolute Gasteiger partial charge is 0.481 e. The van der Waals surface area contributed by atoms with Crippen molar-refractivity contribution in [2.45, 2.75) is 30.2 Å². The standard InChI is InChI=1S/C14H16BrNO4S/c15-10-3-5-11(6-4-10)21(19,20)16-13-9-2-1-8(7-9)12(13)14(17)18/h3-6,8-9,12-13,16H,1-2,7H2,(H,17,18). The zero-order valence-electron chi connectivity index (χ0n) is 11.2. The number of nitrogens with one attached hydrogen (secondary N) is 1. The summed E-state index contributed by atoms with van der Waals surface area (Å²) in [5, 5.41) is 9.37. The molecule has 0 heterocycles. The van der Waals surface area contributed by atoms with Crippen molar-refractivity contribution in [2.24, 2.45) is 17.8 Å². The maximum absolute atomic E-state index is 12.4. The summed E-state index contributed by atoms with van der Waals surface area (Å²) in [6, 6.07) is 5.84. The van der Waals surface area contributed by atoms with Gasteiger partial charge in [-0.25, -0.2) is 13.1 Å². The van der Waals surface area contributed by atoms with Crippen LogP contribution in [0, 0.1) is 17.8 Å². The normalized spacial score (nSPS) is 31.5. The molecule has 0 radical (unpaired) electrons. The van der Waals surface area contributed by atoms with Gasteiger partial charge in [-0.2, -0.15) is 0 Å². The fraction of sp³-hybridized carbons (Fsp3) is 0.500. The second kappa shape index (κ2) is 5.37. The Balaban J connectivity index is 1.85. The molecule has 5 nitrogen and oxygen atoms in total. The van der Waals surface area contributed by atoms with Crippen LogP contribution in [-0.2, 0) is 14.8 Å². The van der Waals surface area contributed by atoms with Gasteiger partial charge in [0.05, 0.1) is 10.8 Å². The van der Waals surface area contributed by atoms with E-state index in [0.29, 0.717) is 0 Å². The van der Waals surface area contributed by atoms with Gasteiger partial charge in [-0.3, -0.25) is 4.79 Å². The van der Waals surface area contributed by atoms with E-state index in [4.69, 9.17) is 0 Å². The number of aliphatic carboxylic acids is 1. The highest BCUT2D eigenvalue weighted by atomic mass is 79.9. The molecule has 1 aromatic carbocycles. The average molecular weight is 374 g/mol. The van der Waals surface area contributed by atoms with Crippen LogP contribution in [0.15, 0.2) is 33.6 Å². The van der Waals surface area contributed by atoms with Crippen LogP contribution in [0.3, 0.4) is 0 Å². The summed E-state index contributed by atoms with van der Waals surface area (Å²) >= 11 is 3.26. The van der Waals surface area contributed by atoms with Gasteiger partial charge in [0, 0.05) is 10.5 Å². The lowest BCUT2D eigenvalue weighted by molar-refractivity contribution is -0.144. The minimum Gasteiger partial charge on any atom is -0.481 e. The first-order chi connectivity index (χ1) is 9.88. The van der Waals surface area contributed by atoms with E-state index in [-0.39, 0.29) is 16.7 Å². The molecular weight excluding hydrogens is 358 g/mol. The Morgan fingerprint density at radius 3 is 2.43 bits per heavy atom. The van der Waals surface area contributed by atoms with Crippen molar-refractivity contribution in [3.05, 3.63) is 28.7 Å². The summed E-state index contributed by atoms with van der Waals surface area (Å²) in [5.74, 6) is -1.26. The molecule has 2 fully saturated rings. The Hall–Kier alpha value is -0.920. The van der Waals surface area contributed by atoms with Gasteiger partial charge in [0.2, 0.25) is 10.0 Å². The summed E-state index contributed by atoms with van der Waals surface area (Å²) in [6.07, 6.45) is 2.60. The van der Waals surface area contributed by atoms with Crippen LogP contribution in [-0.4, -0.2) is 25.5 Å². The van der Waals surface area contributed by atoms with E-state index in [2.05, 4.69) is 20.7 Å². The lowest BCUT2D eigenvalue weighted by Crippen LogP contribution is -2.46. The predicted molar refractivity (Wildman–Crippen MR) is 80.2 cm³/mol.